The van der Waals surface area contributed by atoms with E-state index >= 15 is 0 Å². The van der Waals surface area contributed by atoms with Crippen LogP contribution in [-0.4, -0.2) is 24.5 Å². The van der Waals surface area contributed by atoms with Crippen LogP contribution in [-0.2, 0) is 14.3 Å². The van der Waals surface area contributed by atoms with Crippen LogP contribution in [0, 0.1) is 11.3 Å². The molecular formula is C17H33NO3. The average molecular weight is 299 g/mol. The molecule has 1 amide bonds. The van der Waals surface area contributed by atoms with Crippen molar-refractivity contribution in [3.8, 4) is 0 Å². The van der Waals surface area contributed by atoms with Gasteiger partial charge in [-0.15, -0.1) is 0 Å². The van der Waals surface area contributed by atoms with E-state index in [1.54, 1.807) is 6.92 Å². The molecule has 1 N–H and O–H groups in total. The number of carbonyl (C=O) groups is 2. The molecule has 0 aliphatic carbocycles. The monoisotopic (exact) mass is 299 g/mol. The maximum absolute atomic E-state index is 12.4. The Kier molecular flexibility index (Phi) is 9.31. The standard InChI is InChI=1S/C17H33NO3/c1-7-9-10-11-12-13(3)18-15(19)14(17(4,5)6)16(20)21-8-2/h13-14H,7-12H2,1-6H3,(H,18,19). The highest BCUT2D eigenvalue weighted by Crippen LogP contribution is 2.27. The van der Waals surface area contributed by atoms with Gasteiger partial charge in [0.15, 0.2) is 0 Å². The molecule has 21 heavy (non-hydrogen) atoms. The van der Waals surface area contributed by atoms with E-state index in [4.69, 9.17) is 4.74 Å². The molecule has 4 nitrogen and oxygen atoms in total. The first-order chi connectivity index (χ1) is 9.73. The Bertz CT molecular complexity index is 320. The molecule has 124 valence electrons. The van der Waals surface area contributed by atoms with Crippen LogP contribution in [0.3, 0.4) is 0 Å². The summed E-state index contributed by atoms with van der Waals surface area (Å²) < 4.78 is 5.05. The predicted molar refractivity (Wildman–Crippen MR) is 85.9 cm³/mol. The molecule has 0 spiro atoms. The highest BCUT2D eigenvalue weighted by atomic mass is 16.5. The largest absolute Gasteiger partial charge is 0.465 e. The van der Waals surface area contributed by atoms with Gasteiger partial charge in [-0.05, 0) is 25.7 Å². The molecule has 0 fully saturated rings. The predicted octanol–water partition coefficient (Wildman–Crippen LogP) is 3.69. The Morgan fingerprint density at radius 2 is 1.71 bits per heavy atom. The summed E-state index contributed by atoms with van der Waals surface area (Å²) in [5, 5.41) is 2.96. The zero-order valence-electron chi connectivity index (χ0n) is 14.6. The van der Waals surface area contributed by atoms with Crippen molar-refractivity contribution in [2.75, 3.05) is 6.61 Å². The number of rotatable bonds is 9. The molecule has 0 radical (unpaired) electrons. The zero-order valence-corrected chi connectivity index (χ0v) is 14.6. The summed E-state index contributed by atoms with van der Waals surface area (Å²) in [5.41, 5.74) is -0.446. The van der Waals surface area contributed by atoms with E-state index in [0.717, 1.165) is 12.8 Å². The molecule has 0 aromatic rings. The normalized spacial score (nSPS) is 14.4. The molecule has 4 heteroatoms. The molecule has 0 aliphatic rings. The summed E-state index contributed by atoms with van der Waals surface area (Å²) >= 11 is 0. The lowest BCUT2D eigenvalue weighted by atomic mass is 9.80. The lowest BCUT2D eigenvalue weighted by Gasteiger charge is -2.29. The van der Waals surface area contributed by atoms with E-state index in [2.05, 4.69) is 12.2 Å². The van der Waals surface area contributed by atoms with Crippen LogP contribution in [0.1, 0.15) is 73.6 Å². The van der Waals surface area contributed by atoms with E-state index in [1.807, 2.05) is 27.7 Å². The van der Waals surface area contributed by atoms with Crippen molar-refractivity contribution in [2.45, 2.75) is 79.7 Å². The number of carbonyl (C=O) groups excluding carboxylic acids is 2. The minimum atomic E-state index is -0.754. The van der Waals surface area contributed by atoms with E-state index in [0.29, 0.717) is 6.61 Å². The Morgan fingerprint density at radius 3 is 2.19 bits per heavy atom. The number of amides is 1. The van der Waals surface area contributed by atoms with Crippen molar-refractivity contribution in [2.24, 2.45) is 11.3 Å². The van der Waals surface area contributed by atoms with Crippen molar-refractivity contribution >= 4 is 11.9 Å². The highest BCUT2D eigenvalue weighted by molar-refractivity contribution is 5.98. The maximum Gasteiger partial charge on any atom is 0.319 e. The van der Waals surface area contributed by atoms with Crippen LogP contribution in [0.2, 0.25) is 0 Å². The number of nitrogens with one attached hydrogen (secondary N) is 1. The molecule has 2 unspecified atom stereocenters. The van der Waals surface area contributed by atoms with Crippen LogP contribution >= 0.6 is 0 Å². The Labute approximate surface area is 130 Å². The van der Waals surface area contributed by atoms with Crippen LogP contribution in [0.4, 0.5) is 0 Å². The lowest BCUT2D eigenvalue weighted by molar-refractivity contribution is -0.156. The van der Waals surface area contributed by atoms with Gasteiger partial charge in [0.1, 0.15) is 5.92 Å². The van der Waals surface area contributed by atoms with Gasteiger partial charge in [-0.2, -0.15) is 0 Å². The van der Waals surface area contributed by atoms with Gasteiger partial charge >= 0.3 is 5.97 Å². The minimum Gasteiger partial charge on any atom is -0.465 e. The zero-order chi connectivity index (χ0) is 16.5. The smallest absolute Gasteiger partial charge is 0.319 e. The third-order valence-electron chi connectivity index (χ3n) is 3.53. The van der Waals surface area contributed by atoms with Gasteiger partial charge < -0.3 is 10.1 Å². The summed E-state index contributed by atoms with van der Waals surface area (Å²) in [5.74, 6) is -1.40. The van der Waals surface area contributed by atoms with E-state index in [-0.39, 0.29) is 11.9 Å². The highest BCUT2D eigenvalue weighted by Gasteiger charge is 2.39. The van der Waals surface area contributed by atoms with Crippen molar-refractivity contribution in [3.63, 3.8) is 0 Å². The van der Waals surface area contributed by atoms with Gasteiger partial charge in [-0.3, -0.25) is 9.59 Å². The fourth-order valence-corrected chi connectivity index (χ4v) is 2.36. The first kappa shape index (κ1) is 19.9. The second-order valence-electron chi connectivity index (χ2n) is 6.81. The number of hydrogen-bond acceptors (Lipinski definition) is 3. The van der Waals surface area contributed by atoms with E-state index < -0.39 is 17.3 Å². The fraction of sp³-hybridized carbons (Fsp3) is 0.882. The Hall–Kier alpha value is -1.06. The van der Waals surface area contributed by atoms with Crippen molar-refractivity contribution in [1.82, 2.24) is 5.32 Å². The van der Waals surface area contributed by atoms with E-state index in [9.17, 15) is 9.59 Å². The molecule has 0 heterocycles. The first-order valence-corrected chi connectivity index (χ1v) is 8.21. The molecule has 0 saturated carbocycles. The third kappa shape index (κ3) is 8.08. The molecule has 2 atom stereocenters. The summed E-state index contributed by atoms with van der Waals surface area (Å²) in [4.78, 5) is 24.4. The van der Waals surface area contributed by atoms with Gasteiger partial charge in [0.25, 0.3) is 0 Å². The molecule has 0 bridgehead atoms. The summed E-state index contributed by atoms with van der Waals surface area (Å²) in [7, 11) is 0. The van der Waals surface area contributed by atoms with Crippen molar-refractivity contribution in [1.29, 1.82) is 0 Å². The van der Waals surface area contributed by atoms with Gasteiger partial charge in [-0.1, -0.05) is 53.4 Å². The third-order valence-corrected chi connectivity index (χ3v) is 3.53. The average Bonchev–Trinajstić information content (AvgIpc) is 2.33. The van der Waals surface area contributed by atoms with Crippen LogP contribution < -0.4 is 5.32 Å². The summed E-state index contributed by atoms with van der Waals surface area (Å²) in [6.07, 6.45) is 5.68. The van der Waals surface area contributed by atoms with Gasteiger partial charge in [0.05, 0.1) is 6.61 Å². The molecular weight excluding hydrogens is 266 g/mol. The second-order valence-corrected chi connectivity index (χ2v) is 6.81. The number of hydrogen-bond donors (Lipinski definition) is 1. The Balaban J connectivity index is 4.50. The van der Waals surface area contributed by atoms with Gasteiger partial charge in [0.2, 0.25) is 5.91 Å². The van der Waals surface area contributed by atoms with Crippen molar-refractivity contribution in [3.05, 3.63) is 0 Å². The number of esters is 1. The molecule has 0 saturated heterocycles. The van der Waals surface area contributed by atoms with Crippen LogP contribution in [0.5, 0.6) is 0 Å². The van der Waals surface area contributed by atoms with Crippen LogP contribution in [0.15, 0.2) is 0 Å². The number of unbranched alkanes of at least 4 members (excludes halogenated alkanes) is 3. The number of ether oxygens (including phenoxy) is 1. The SMILES string of the molecule is CCCCCCC(C)NC(=O)C(C(=O)OCC)C(C)(C)C. The molecule has 0 aromatic heterocycles. The Morgan fingerprint density at radius 1 is 1.10 bits per heavy atom. The first-order valence-electron chi connectivity index (χ1n) is 8.21. The molecule has 0 rings (SSSR count). The fourth-order valence-electron chi connectivity index (χ4n) is 2.36. The minimum absolute atomic E-state index is 0.0913. The van der Waals surface area contributed by atoms with Crippen LogP contribution in [0.25, 0.3) is 0 Å². The van der Waals surface area contributed by atoms with E-state index in [1.165, 1.54) is 19.3 Å². The van der Waals surface area contributed by atoms with Gasteiger partial charge in [0, 0.05) is 6.04 Å². The van der Waals surface area contributed by atoms with Crippen molar-refractivity contribution < 1.29 is 14.3 Å². The molecule has 0 aliphatic heterocycles. The van der Waals surface area contributed by atoms with Gasteiger partial charge in [-0.25, -0.2) is 0 Å². The maximum atomic E-state index is 12.4. The second kappa shape index (κ2) is 9.80. The topological polar surface area (TPSA) is 55.4 Å². The summed E-state index contributed by atoms with van der Waals surface area (Å²) in [6, 6.07) is 0.0913. The quantitative estimate of drug-likeness (QED) is 0.401. The lowest BCUT2D eigenvalue weighted by Crippen LogP contribution is -2.46. The summed E-state index contributed by atoms with van der Waals surface area (Å²) in [6.45, 7) is 11.9. The molecule has 0 aromatic carbocycles.